The largest absolute Gasteiger partial charge is 0.493 e. The van der Waals surface area contributed by atoms with Crippen molar-refractivity contribution >= 4 is 51.4 Å². The van der Waals surface area contributed by atoms with Crippen LogP contribution >= 0.6 is 22.9 Å². The van der Waals surface area contributed by atoms with Gasteiger partial charge in [0, 0.05) is 16.0 Å². The molecule has 3 aromatic rings. The number of hydrogen-bond donors (Lipinski definition) is 2. The maximum atomic E-state index is 14.1. The molecule has 0 bridgehead atoms. The number of rotatable bonds is 9. The molecule has 222 valence electrons. The lowest BCUT2D eigenvalue weighted by molar-refractivity contribution is -0.136. The number of esters is 1. The van der Waals surface area contributed by atoms with E-state index in [-0.39, 0.29) is 23.8 Å². The van der Waals surface area contributed by atoms with Crippen LogP contribution in [0.3, 0.4) is 0 Å². The molecule has 42 heavy (non-hydrogen) atoms. The number of nitrogens with zero attached hydrogens (tertiary/aromatic N) is 1. The second-order valence-electron chi connectivity index (χ2n) is 9.44. The number of ether oxygens (including phenoxy) is 3. The number of carbonyl (C=O) groups is 3. The third-order valence-corrected chi connectivity index (χ3v) is 8.24. The minimum Gasteiger partial charge on any atom is -0.493 e. The van der Waals surface area contributed by atoms with Crippen LogP contribution in [0.2, 0.25) is 5.02 Å². The summed E-state index contributed by atoms with van der Waals surface area (Å²) in [4.78, 5) is 39.1. The fraction of sp³-hybridized carbons (Fsp3) is 0.333. The number of methoxy groups -OCH3 is 1. The summed E-state index contributed by atoms with van der Waals surface area (Å²) in [7, 11) is 1.45. The topological polar surface area (TPSA) is 115 Å². The highest BCUT2D eigenvalue weighted by Gasteiger charge is 2.28. The summed E-state index contributed by atoms with van der Waals surface area (Å²) < 4.78 is 30.5. The molecule has 2 N–H and O–H groups in total. The van der Waals surface area contributed by atoms with Crippen molar-refractivity contribution in [3.05, 3.63) is 74.4 Å². The summed E-state index contributed by atoms with van der Waals surface area (Å²) in [6.45, 7) is 3.45. The average Bonchev–Trinajstić information content (AvgIpc) is 3.15. The van der Waals surface area contributed by atoms with Gasteiger partial charge in [-0.25, -0.2) is 14.6 Å². The highest BCUT2D eigenvalue weighted by atomic mass is 35.5. The van der Waals surface area contributed by atoms with Crippen LogP contribution < -0.4 is 20.2 Å². The molecular weight excluding hydrogens is 585 g/mol. The van der Waals surface area contributed by atoms with E-state index in [0.29, 0.717) is 33.3 Å². The Morgan fingerprint density at radius 1 is 1.07 bits per heavy atom. The molecule has 0 fully saturated rings. The number of aryl methyl sites for hydroxylation is 1. The number of thiophene rings is 1. The van der Waals surface area contributed by atoms with E-state index in [9.17, 15) is 18.8 Å². The summed E-state index contributed by atoms with van der Waals surface area (Å²) in [5.41, 5.74) is 4.65. The van der Waals surface area contributed by atoms with Gasteiger partial charge in [-0.15, -0.1) is 11.3 Å². The standard InChI is InChI=1S/C30H31ClFN3O6S/c1-4-40-30(38)26-19-9-6-5-7-12-25(19)42-29(26)33-27(36)28(37)35-34-17(2)18-13-14-23(24(15-18)39-3)41-16-20-21(31)10-8-11-22(20)32/h8,10-11,13-15H,4-7,9,12,16H2,1-3H3,(H,33,36)(H,35,37)/b34-17+. The van der Waals surface area contributed by atoms with Gasteiger partial charge in [-0.1, -0.05) is 24.1 Å². The molecule has 0 unspecified atom stereocenters. The first-order chi connectivity index (χ1) is 20.2. The lowest BCUT2D eigenvalue weighted by atomic mass is 10.1. The predicted molar refractivity (Wildman–Crippen MR) is 159 cm³/mol. The lowest BCUT2D eigenvalue weighted by Gasteiger charge is -2.13. The number of hydrogen-bond acceptors (Lipinski definition) is 8. The molecular formula is C30H31ClFN3O6S. The second-order valence-corrected chi connectivity index (χ2v) is 10.9. The van der Waals surface area contributed by atoms with Crippen molar-refractivity contribution in [2.45, 2.75) is 52.6 Å². The van der Waals surface area contributed by atoms with Gasteiger partial charge in [0.1, 0.15) is 17.4 Å². The number of benzene rings is 2. The normalized spacial score (nSPS) is 13.0. The van der Waals surface area contributed by atoms with Crippen molar-refractivity contribution in [1.29, 1.82) is 0 Å². The number of amides is 2. The number of nitrogens with one attached hydrogen (secondary N) is 2. The number of halogens is 2. The molecule has 9 nitrogen and oxygen atoms in total. The van der Waals surface area contributed by atoms with E-state index in [4.69, 9.17) is 25.8 Å². The SMILES string of the molecule is CCOC(=O)c1c(NC(=O)C(=O)N/N=C(\C)c2ccc(OCc3c(F)cccc3Cl)c(OC)c2)sc2c1CCCCC2. The van der Waals surface area contributed by atoms with Gasteiger partial charge in [0.2, 0.25) is 0 Å². The first-order valence-corrected chi connectivity index (χ1v) is 14.6. The molecule has 0 saturated carbocycles. The van der Waals surface area contributed by atoms with Gasteiger partial charge >= 0.3 is 17.8 Å². The van der Waals surface area contributed by atoms with Crippen LogP contribution in [0.1, 0.15) is 65.0 Å². The van der Waals surface area contributed by atoms with E-state index >= 15 is 0 Å². The highest BCUT2D eigenvalue weighted by molar-refractivity contribution is 7.17. The predicted octanol–water partition coefficient (Wildman–Crippen LogP) is 6.05. The Labute approximate surface area is 252 Å². The minimum absolute atomic E-state index is 0.107. The van der Waals surface area contributed by atoms with E-state index in [1.807, 2.05) is 0 Å². The van der Waals surface area contributed by atoms with Gasteiger partial charge < -0.3 is 19.5 Å². The molecule has 2 aromatic carbocycles. The third-order valence-electron chi connectivity index (χ3n) is 6.67. The fourth-order valence-corrected chi connectivity index (χ4v) is 5.98. The maximum absolute atomic E-state index is 14.1. The Hall–Kier alpha value is -3.96. The monoisotopic (exact) mass is 615 g/mol. The van der Waals surface area contributed by atoms with E-state index < -0.39 is 23.6 Å². The van der Waals surface area contributed by atoms with Crippen LogP contribution in [-0.2, 0) is 33.8 Å². The molecule has 0 saturated heterocycles. The van der Waals surface area contributed by atoms with Crippen LogP contribution in [0.4, 0.5) is 9.39 Å². The van der Waals surface area contributed by atoms with E-state index in [2.05, 4.69) is 15.8 Å². The van der Waals surface area contributed by atoms with Crippen molar-refractivity contribution in [1.82, 2.24) is 5.43 Å². The fourth-order valence-electron chi connectivity index (χ4n) is 4.49. The number of hydrazone groups is 1. The molecule has 0 atom stereocenters. The van der Waals surface area contributed by atoms with Crippen LogP contribution in [0.15, 0.2) is 41.5 Å². The Bertz CT molecular complexity index is 1500. The second kappa shape index (κ2) is 14.3. The number of anilines is 1. The van der Waals surface area contributed by atoms with E-state index in [1.165, 1.54) is 30.6 Å². The Balaban J connectivity index is 1.43. The molecule has 1 heterocycles. The number of carbonyl (C=O) groups excluding carboxylic acids is 3. The first-order valence-electron chi connectivity index (χ1n) is 13.4. The van der Waals surface area contributed by atoms with Crippen molar-refractivity contribution in [2.75, 3.05) is 19.0 Å². The first kappa shape index (κ1) is 31.0. The molecule has 0 radical (unpaired) electrons. The van der Waals surface area contributed by atoms with Crippen molar-refractivity contribution in [3.8, 4) is 11.5 Å². The van der Waals surface area contributed by atoms with Crippen molar-refractivity contribution in [3.63, 3.8) is 0 Å². The molecule has 0 aliphatic heterocycles. The van der Waals surface area contributed by atoms with Crippen LogP contribution in [0, 0.1) is 5.82 Å². The van der Waals surface area contributed by atoms with Gasteiger partial charge in [-0.2, -0.15) is 5.10 Å². The van der Waals surface area contributed by atoms with Gasteiger partial charge in [-0.05, 0) is 75.4 Å². The minimum atomic E-state index is -0.999. The molecule has 1 aliphatic rings. The van der Waals surface area contributed by atoms with Crippen LogP contribution in [-0.4, -0.2) is 37.2 Å². The summed E-state index contributed by atoms with van der Waals surface area (Å²) in [5, 5.41) is 7.18. The molecule has 1 aromatic heterocycles. The summed E-state index contributed by atoms with van der Waals surface area (Å²) in [6.07, 6.45) is 4.53. The zero-order valence-electron chi connectivity index (χ0n) is 23.5. The van der Waals surface area contributed by atoms with Crippen LogP contribution in [0.5, 0.6) is 11.5 Å². The van der Waals surface area contributed by atoms with Gasteiger partial charge in [0.25, 0.3) is 0 Å². The van der Waals surface area contributed by atoms with E-state index in [0.717, 1.165) is 42.5 Å². The van der Waals surface area contributed by atoms with Crippen molar-refractivity contribution in [2.24, 2.45) is 5.10 Å². The lowest BCUT2D eigenvalue weighted by Crippen LogP contribution is -2.33. The van der Waals surface area contributed by atoms with E-state index in [1.54, 1.807) is 38.1 Å². The van der Waals surface area contributed by atoms with Gasteiger partial charge in [-0.3, -0.25) is 9.59 Å². The van der Waals surface area contributed by atoms with Gasteiger partial charge in [0.15, 0.2) is 11.5 Å². The molecule has 4 rings (SSSR count). The maximum Gasteiger partial charge on any atom is 0.341 e. The quantitative estimate of drug-likeness (QED) is 0.0995. The van der Waals surface area contributed by atoms with Gasteiger partial charge in [0.05, 0.1) is 30.0 Å². The smallest absolute Gasteiger partial charge is 0.341 e. The Kier molecular flexibility index (Phi) is 10.5. The Morgan fingerprint density at radius 2 is 1.86 bits per heavy atom. The Morgan fingerprint density at radius 3 is 2.60 bits per heavy atom. The average molecular weight is 616 g/mol. The molecule has 12 heteroatoms. The van der Waals surface area contributed by atoms with Crippen LogP contribution in [0.25, 0.3) is 0 Å². The molecule has 2 amide bonds. The van der Waals surface area contributed by atoms with Crippen molar-refractivity contribution < 1.29 is 33.0 Å². The number of fused-ring (bicyclic) bond motifs is 1. The zero-order valence-corrected chi connectivity index (χ0v) is 25.0. The summed E-state index contributed by atoms with van der Waals surface area (Å²) in [6, 6.07) is 9.32. The highest BCUT2D eigenvalue weighted by Crippen LogP contribution is 2.38. The third kappa shape index (κ3) is 7.27. The zero-order chi connectivity index (χ0) is 30.2. The summed E-state index contributed by atoms with van der Waals surface area (Å²) >= 11 is 7.38. The molecule has 0 spiro atoms. The molecule has 1 aliphatic carbocycles. The summed E-state index contributed by atoms with van der Waals surface area (Å²) in [5.74, 6) is -2.25.